The molecule has 3 N–H and O–H groups in total. The Kier molecular flexibility index (Phi) is 6.21. The number of fused-ring (bicyclic) bond motifs is 1. The maximum atomic E-state index is 12.4. The molecule has 30 heavy (non-hydrogen) atoms. The molecule has 0 bridgehead atoms. The average molecular weight is 427 g/mol. The molecular formula is C19H29N3O8. The summed E-state index contributed by atoms with van der Waals surface area (Å²) in [5.74, 6) is -1.35. The highest BCUT2D eigenvalue weighted by atomic mass is 16.8. The van der Waals surface area contributed by atoms with E-state index in [1.807, 2.05) is 0 Å². The summed E-state index contributed by atoms with van der Waals surface area (Å²) in [5, 5.41) is 12.4. The van der Waals surface area contributed by atoms with Crippen molar-refractivity contribution in [1.29, 1.82) is 0 Å². The van der Waals surface area contributed by atoms with Crippen molar-refractivity contribution in [3.05, 3.63) is 32.6 Å². The molecule has 3 rings (SSSR count). The van der Waals surface area contributed by atoms with Gasteiger partial charge in [-0.05, 0) is 34.6 Å². The third-order valence-corrected chi connectivity index (χ3v) is 4.63. The van der Waals surface area contributed by atoms with E-state index in [4.69, 9.17) is 18.9 Å². The number of carbonyl (C=O) groups excluding carboxylic acids is 1. The number of carbonyl (C=O) groups is 1. The lowest BCUT2D eigenvalue weighted by Crippen LogP contribution is -2.39. The fourth-order valence-electron chi connectivity index (χ4n) is 3.55. The highest BCUT2D eigenvalue weighted by Crippen LogP contribution is 2.42. The predicted molar refractivity (Wildman–Crippen MR) is 104 cm³/mol. The van der Waals surface area contributed by atoms with Crippen LogP contribution in [0.5, 0.6) is 0 Å². The van der Waals surface area contributed by atoms with Crippen molar-refractivity contribution in [3.8, 4) is 0 Å². The van der Waals surface area contributed by atoms with Crippen molar-refractivity contribution in [1.82, 2.24) is 14.9 Å². The maximum absolute atomic E-state index is 12.4. The van der Waals surface area contributed by atoms with Gasteiger partial charge < -0.3 is 29.4 Å². The number of esters is 1. The molecule has 0 radical (unpaired) electrons. The molecule has 0 aliphatic carbocycles. The van der Waals surface area contributed by atoms with Crippen molar-refractivity contribution in [2.45, 2.75) is 77.1 Å². The number of aromatic amines is 1. The third-order valence-electron chi connectivity index (χ3n) is 4.63. The van der Waals surface area contributed by atoms with E-state index in [2.05, 4.69) is 10.3 Å². The Labute approximate surface area is 173 Å². The molecule has 1 aromatic rings. The minimum Gasteiger partial charge on any atom is -0.459 e. The lowest BCUT2D eigenvalue weighted by Gasteiger charge is -2.24. The fraction of sp³-hybridized carbons (Fsp3) is 0.737. The van der Waals surface area contributed by atoms with Crippen LogP contribution in [0.15, 0.2) is 15.8 Å². The van der Waals surface area contributed by atoms with Crippen molar-refractivity contribution in [2.24, 2.45) is 0 Å². The van der Waals surface area contributed by atoms with Gasteiger partial charge in [-0.2, -0.15) is 0 Å². The molecule has 3 heterocycles. The van der Waals surface area contributed by atoms with Crippen LogP contribution < -0.4 is 16.6 Å². The maximum Gasteiger partial charge on any atom is 0.330 e. The normalized spacial score (nSPS) is 27.8. The quantitative estimate of drug-likeness (QED) is 0.506. The van der Waals surface area contributed by atoms with Crippen LogP contribution in [-0.4, -0.2) is 63.5 Å². The second kappa shape index (κ2) is 8.23. The molecule has 11 nitrogen and oxygen atoms in total. The first-order chi connectivity index (χ1) is 13.9. The topological polar surface area (TPSA) is 141 Å². The van der Waals surface area contributed by atoms with Crippen LogP contribution >= 0.6 is 0 Å². The zero-order valence-corrected chi connectivity index (χ0v) is 17.8. The van der Waals surface area contributed by atoms with Crippen LogP contribution in [0.4, 0.5) is 0 Å². The molecule has 11 heteroatoms. The van der Waals surface area contributed by atoms with Gasteiger partial charge in [-0.3, -0.25) is 19.1 Å². The van der Waals surface area contributed by atoms with Crippen LogP contribution in [0, 0.1) is 0 Å². The van der Waals surface area contributed by atoms with E-state index >= 15 is 0 Å². The minimum atomic E-state index is -0.894. The number of aromatic nitrogens is 2. The zero-order valence-electron chi connectivity index (χ0n) is 17.8. The van der Waals surface area contributed by atoms with Crippen LogP contribution in [0.1, 0.15) is 46.4 Å². The Morgan fingerprint density at radius 3 is 2.60 bits per heavy atom. The van der Waals surface area contributed by atoms with Gasteiger partial charge in [0.05, 0.1) is 13.2 Å². The summed E-state index contributed by atoms with van der Waals surface area (Å²) in [5.41, 5.74) is -1.64. The Morgan fingerprint density at radius 1 is 1.30 bits per heavy atom. The van der Waals surface area contributed by atoms with Crippen LogP contribution in [-0.2, 0) is 30.3 Å². The number of hydrogen-bond donors (Lipinski definition) is 3. The molecule has 4 atom stereocenters. The zero-order chi connectivity index (χ0) is 22.3. The SMILES string of the molecule is CC(C)(C)OC(=O)CNCc1cn([C@@H]2O[C@H](CO)C3OC(C)(C)OC32)c(=O)[nH]c1=O. The van der Waals surface area contributed by atoms with Gasteiger partial charge in [-0.15, -0.1) is 0 Å². The van der Waals surface area contributed by atoms with E-state index in [1.165, 1.54) is 10.8 Å². The standard InChI is InChI=1S/C19H29N3O8/c1-18(2,3)28-12(24)7-20-6-10-8-22(17(26)21-15(10)25)16-14-13(11(9-23)27-16)29-19(4,5)30-14/h8,11,13-14,16,20,23H,6-7,9H2,1-5H3,(H,21,25,26)/t11-,13?,14?,16-/m1/s1. The summed E-state index contributed by atoms with van der Waals surface area (Å²) in [6.45, 7) is 8.37. The van der Waals surface area contributed by atoms with Crippen molar-refractivity contribution < 1.29 is 28.8 Å². The summed E-state index contributed by atoms with van der Waals surface area (Å²) < 4.78 is 23.9. The molecule has 168 valence electrons. The van der Waals surface area contributed by atoms with Gasteiger partial charge in [0.25, 0.3) is 5.56 Å². The lowest BCUT2D eigenvalue weighted by atomic mass is 10.1. The van der Waals surface area contributed by atoms with Crippen molar-refractivity contribution >= 4 is 5.97 Å². The summed E-state index contributed by atoms with van der Waals surface area (Å²) in [4.78, 5) is 38.7. The number of hydrogen-bond acceptors (Lipinski definition) is 9. The Morgan fingerprint density at radius 2 is 1.97 bits per heavy atom. The molecule has 2 fully saturated rings. The largest absolute Gasteiger partial charge is 0.459 e. The average Bonchev–Trinajstić information content (AvgIpc) is 3.08. The number of nitrogens with zero attached hydrogens (tertiary/aromatic N) is 1. The first-order valence-corrected chi connectivity index (χ1v) is 9.79. The smallest absolute Gasteiger partial charge is 0.330 e. The molecule has 2 unspecified atom stereocenters. The first kappa shape index (κ1) is 22.6. The van der Waals surface area contributed by atoms with E-state index in [9.17, 15) is 19.5 Å². The number of H-pyrrole nitrogens is 1. The molecular weight excluding hydrogens is 398 g/mol. The Hall–Kier alpha value is -2.05. The van der Waals surface area contributed by atoms with Gasteiger partial charge in [-0.1, -0.05) is 0 Å². The molecule has 0 spiro atoms. The molecule has 0 aromatic carbocycles. The van der Waals surface area contributed by atoms with Crippen molar-refractivity contribution in [2.75, 3.05) is 13.2 Å². The molecule has 0 amide bonds. The number of aliphatic hydroxyl groups excluding tert-OH is 1. The van der Waals surface area contributed by atoms with Gasteiger partial charge in [0, 0.05) is 18.3 Å². The van der Waals surface area contributed by atoms with Crippen LogP contribution in [0.3, 0.4) is 0 Å². The van der Waals surface area contributed by atoms with E-state index in [1.54, 1.807) is 34.6 Å². The van der Waals surface area contributed by atoms with E-state index in [0.717, 1.165) is 0 Å². The Balaban J connectivity index is 1.76. The summed E-state index contributed by atoms with van der Waals surface area (Å²) in [7, 11) is 0. The highest BCUT2D eigenvalue weighted by Gasteiger charge is 2.55. The monoisotopic (exact) mass is 427 g/mol. The fourth-order valence-corrected chi connectivity index (χ4v) is 3.55. The molecule has 2 saturated heterocycles. The first-order valence-electron chi connectivity index (χ1n) is 9.79. The van der Waals surface area contributed by atoms with Crippen LogP contribution in [0.25, 0.3) is 0 Å². The summed E-state index contributed by atoms with van der Waals surface area (Å²) in [6.07, 6.45) is -1.39. The highest BCUT2D eigenvalue weighted by molar-refractivity contribution is 5.72. The Bertz CT molecular complexity index is 900. The number of ether oxygens (including phenoxy) is 4. The number of nitrogens with one attached hydrogen (secondary N) is 2. The van der Waals surface area contributed by atoms with Gasteiger partial charge in [-0.25, -0.2) is 4.79 Å². The summed E-state index contributed by atoms with van der Waals surface area (Å²) in [6, 6.07) is 0. The molecule has 1 aromatic heterocycles. The van der Waals surface area contributed by atoms with E-state index < -0.39 is 53.1 Å². The van der Waals surface area contributed by atoms with Gasteiger partial charge in [0.1, 0.15) is 23.9 Å². The lowest BCUT2D eigenvalue weighted by molar-refractivity contribution is -0.200. The van der Waals surface area contributed by atoms with E-state index in [0.29, 0.717) is 0 Å². The predicted octanol–water partition coefficient (Wildman–Crippen LogP) is -0.622. The van der Waals surface area contributed by atoms with Crippen LogP contribution in [0.2, 0.25) is 0 Å². The summed E-state index contributed by atoms with van der Waals surface area (Å²) >= 11 is 0. The molecule has 0 saturated carbocycles. The second-order valence-corrected chi connectivity index (χ2v) is 8.82. The van der Waals surface area contributed by atoms with Gasteiger partial charge in [0.15, 0.2) is 12.0 Å². The van der Waals surface area contributed by atoms with Crippen molar-refractivity contribution in [3.63, 3.8) is 0 Å². The molecule has 2 aliphatic heterocycles. The van der Waals surface area contributed by atoms with Gasteiger partial charge in [0.2, 0.25) is 0 Å². The molecule has 2 aliphatic rings. The number of rotatable bonds is 6. The minimum absolute atomic E-state index is 0.0297. The second-order valence-electron chi connectivity index (χ2n) is 8.82. The third kappa shape index (κ3) is 4.98. The van der Waals surface area contributed by atoms with Gasteiger partial charge >= 0.3 is 11.7 Å². The van der Waals surface area contributed by atoms with E-state index in [-0.39, 0.29) is 25.3 Å². The number of aliphatic hydroxyl groups is 1.